The zero-order valence-corrected chi connectivity index (χ0v) is 14.4. The maximum Gasteiger partial charge on any atom is 0.270 e. The highest BCUT2D eigenvalue weighted by atomic mass is 16.2. The molecule has 25 heavy (non-hydrogen) atoms. The predicted molar refractivity (Wildman–Crippen MR) is 98.3 cm³/mol. The molecule has 2 aromatic rings. The molecule has 0 radical (unpaired) electrons. The number of benzene rings is 1. The molecule has 3 rings (SSSR count). The van der Waals surface area contributed by atoms with Crippen LogP contribution in [0.25, 0.3) is 0 Å². The number of carbonyl (C=O) groups is 2. The van der Waals surface area contributed by atoms with E-state index in [1.165, 1.54) is 19.3 Å². The van der Waals surface area contributed by atoms with Crippen LogP contribution in [-0.2, 0) is 0 Å². The van der Waals surface area contributed by atoms with Crippen molar-refractivity contribution < 1.29 is 9.59 Å². The summed E-state index contributed by atoms with van der Waals surface area (Å²) in [6, 6.07) is 11.1. The average molecular weight is 337 g/mol. The average Bonchev–Trinajstić information content (AvgIpc) is 2.63. The second-order valence-corrected chi connectivity index (χ2v) is 6.50. The Morgan fingerprint density at radius 2 is 1.84 bits per heavy atom. The standard InChI is InChI=1S/C20H23N3O2/c1-14(24)15-6-5-9-17(12-15)22-18-10-11-19(21-13-18)20(25)23-16-7-3-2-4-8-16/h5-6,9-13,16,22H,2-4,7-8H2,1H3,(H,23,25). The van der Waals surface area contributed by atoms with Gasteiger partial charge in [0.25, 0.3) is 5.91 Å². The summed E-state index contributed by atoms with van der Waals surface area (Å²) >= 11 is 0. The van der Waals surface area contributed by atoms with Crippen LogP contribution in [0.1, 0.15) is 59.9 Å². The maximum atomic E-state index is 12.3. The number of anilines is 2. The number of nitrogens with one attached hydrogen (secondary N) is 2. The molecule has 2 N–H and O–H groups in total. The van der Waals surface area contributed by atoms with E-state index < -0.39 is 0 Å². The minimum absolute atomic E-state index is 0.0245. The molecule has 1 saturated carbocycles. The molecule has 1 heterocycles. The molecule has 1 aliphatic rings. The molecule has 130 valence electrons. The van der Waals surface area contributed by atoms with Gasteiger partial charge in [-0.2, -0.15) is 0 Å². The number of aromatic nitrogens is 1. The summed E-state index contributed by atoms with van der Waals surface area (Å²) in [5.74, 6) is -0.0893. The summed E-state index contributed by atoms with van der Waals surface area (Å²) in [4.78, 5) is 28.0. The van der Waals surface area contributed by atoms with Crippen LogP contribution >= 0.6 is 0 Å². The van der Waals surface area contributed by atoms with Gasteiger partial charge in [-0.15, -0.1) is 0 Å². The Hall–Kier alpha value is -2.69. The lowest BCUT2D eigenvalue weighted by Crippen LogP contribution is -2.36. The number of nitrogens with zero attached hydrogens (tertiary/aromatic N) is 1. The molecule has 1 amide bonds. The third-order valence-electron chi connectivity index (χ3n) is 4.49. The topological polar surface area (TPSA) is 71.1 Å². The number of amides is 1. The predicted octanol–water partition coefficient (Wildman–Crippen LogP) is 4.09. The van der Waals surface area contributed by atoms with E-state index in [2.05, 4.69) is 15.6 Å². The smallest absolute Gasteiger partial charge is 0.270 e. The van der Waals surface area contributed by atoms with Gasteiger partial charge in [0.15, 0.2) is 5.78 Å². The van der Waals surface area contributed by atoms with Crippen LogP contribution in [0.5, 0.6) is 0 Å². The first kappa shape index (κ1) is 17.1. The summed E-state index contributed by atoms with van der Waals surface area (Å²) in [6.45, 7) is 1.54. The molecule has 5 heteroatoms. The fraction of sp³-hybridized carbons (Fsp3) is 0.350. The largest absolute Gasteiger partial charge is 0.354 e. The SMILES string of the molecule is CC(=O)c1cccc(Nc2ccc(C(=O)NC3CCCCC3)nc2)c1. The molecular weight excluding hydrogens is 314 g/mol. The van der Waals surface area contributed by atoms with Crippen molar-refractivity contribution in [3.8, 4) is 0 Å². The van der Waals surface area contributed by atoms with Crippen molar-refractivity contribution >= 4 is 23.1 Å². The molecule has 0 aliphatic heterocycles. The summed E-state index contributed by atoms with van der Waals surface area (Å²) < 4.78 is 0. The van der Waals surface area contributed by atoms with Crippen LogP contribution < -0.4 is 10.6 Å². The van der Waals surface area contributed by atoms with E-state index in [0.29, 0.717) is 11.3 Å². The number of hydrogen-bond donors (Lipinski definition) is 2. The Labute approximate surface area is 147 Å². The van der Waals surface area contributed by atoms with Crippen LogP contribution in [0.3, 0.4) is 0 Å². The summed E-state index contributed by atoms with van der Waals surface area (Å²) in [5.41, 5.74) is 2.67. The summed E-state index contributed by atoms with van der Waals surface area (Å²) in [7, 11) is 0. The van der Waals surface area contributed by atoms with Crippen LogP contribution in [0, 0.1) is 0 Å². The van der Waals surface area contributed by atoms with Crippen molar-refractivity contribution in [2.75, 3.05) is 5.32 Å². The van der Waals surface area contributed by atoms with Gasteiger partial charge >= 0.3 is 0 Å². The van der Waals surface area contributed by atoms with Crippen molar-refractivity contribution in [1.29, 1.82) is 0 Å². The van der Waals surface area contributed by atoms with Gasteiger partial charge in [0.2, 0.25) is 0 Å². The minimum atomic E-state index is -0.114. The highest BCUT2D eigenvalue weighted by Gasteiger charge is 2.17. The van der Waals surface area contributed by atoms with Gasteiger partial charge in [0, 0.05) is 17.3 Å². The van der Waals surface area contributed by atoms with Gasteiger partial charge in [-0.25, -0.2) is 4.98 Å². The van der Waals surface area contributed by atoms with Crippen molar-refractivity contribution in [3.63, 3.8) is 0 Å². The zero-order chi connectivity index (χ0) is 17.6. The maximum absolute atomic E-state index is 12.3. The summed E-state index contributed by atoms with van der Waals surface area (Å²) in [6.07, 6.45) is 7.36. The van der Waals surface area contributed by atoms with Crippen LogP contribution in [0.4, 0.5) is 11.4 Å². The lowest BCUT2D eigenvalue weighted by molar-refractivity contribution is 0.0922. The number of carbonyl (C=O) groups excluding carboxylic acids is 2. The van der Waals surface area contributed by atoms with E-state index in [9.17, 15) is 9.59 Å². The third kappa shape index (κ3) is 4.66. The molecule has 1 aromatic carbocycles. The molecule has 1 fully saturated rings. The minimum Gasteiger partial charge on any atom is -0.354 e. The van der Waals surface area contributed by atoms with E-state index in [-0.39, 0.29) is 17.7 Å². The van der Waals surface area contributed by atoms with Gasteiger partial charge in [-0.05, 0) is 44.0 Å². The van der Waals surface area contributed by atoms with Gasteiger partial charge in [0.1, 0.15) is 5.69 Å². The van der Waals surface area contributed by atoms with Gasteiger partial charge in [-0.3, -0.25) is 9.59 Å². The Morgan fingerprint density at radius 3 is 2.52 bits per heavy atom. The lowest BCUT2D eigenvalue weighted by atomic mass is 9.95. The van der Waals surface area contributed by atoms with Crippen LogP contribution in [0.15, 0.2) is 42.6 Å². The van der Waals surface area contributed by atoms with Crippen molar-refractivity contribution in [2.45, 2.75) is 45.1 Å². The molecule has 0 bridgehead atoms. The fourth-order valence-corrected chi connectivity index (χ4v) is 3.09. The van der Waals surface area contributed by atoms with Crippen molar-refractivity contribution in [2.24, 2.45) is 0 Å². The number of Topliss-reactive ketones (excluding diaryl/α,β-unsaturated/α-hetero) is 1. The van der Waals surface area contributed by atoms with Gasteiger partial charge in [0.05, 0.1) is 11.9 Å². The normalized spacial score (nSPS) is 14.8. The Morgan fingerprint density at radius 1 is 1.04 bits per heavy atom. The van der Waals surface area contributed by atoms with E-state index in [1.807, 2.05) is 18.2 Å². The van der Waals surface area contributed by atoms with E-state index in [4.69, 9.17) is 0 Å². The Bertz CT molecular complexity index is 750. The Balaban J connectivity index is 1.62. The first-order valence-electron chi connectivity index (χ1n) is 8.77. The number of pyridine rings is 1. The van der Waals surface area contributed by atoms with E-state index >= 15 is 0 Å². The first-order valence-corrected chi connectivity index (χ1v) is 8.77. The quantitative estimate of drug-likeness (QED) is 0.806. The molecule has 0 atom stereocenters. The number of hydrogen-bond acceptors (Lipinski definition) is 4. The first-order chi connectivity index (χ1) is 12.1. The molecular formula is C20H23N3O2. The van der Waals surface area contributed by atoms with Crippen LogP contribution in [0.2, 0.25) is 0 Å². The highest BCUT2D eigenvalue weighted by Crippen LogP contribution is 2.19. The number of rotatable bonds is 5. The molecule has 0 unspecified atom stereocenters. The molecule has 5 nitrogen and oxygen atoms in total. The van der Waals surface area contributed by atoms with Gasteiger partial charge < -0.3 is 10.6 Å². The lowest BCUT2D eigenvalue weighted by Gasteiger charge is -2.22. The van der Waals surface area contributed by atoms with Gasteiger partial charge in [-0.1, -0.05) is 31.4 Å². The zero-order valence-electron chi connectivity index (χ0n) is 14.4. The summed E-state index contributed by atoms with van der Waals surface area (Å²) in [5, 5.41) is 6.27. The second-order valence-electron chi connectivity index (χ2n) is 6.50. The van der Waals surface area contributed by atoms with Crippen molar-refractivity contribution in [3.05, 3.63) is 53.9 Å². The van der Waals surface area contributed by atoms with E-state index in [1.54, 1.807) is 31.3 Å². The number of ketones is 1. The highest BCUT2D eigenvalue weighted by molar-refractivity contribution is 5.95. The molecule has 1 aromatic heterocycles. The van der Waals surface area contributed by atoms with Crippen LogP contribution in [-0.4, -0.2) is 22.7 Å². The Kier molecular flexibility index (Phi) is 5.43. The fourth-order valence-electron chi connectivity index (χ4n) is 3.09. The van der Waals surface area contributed by atoms with E-state index in [0.717, 1.165) is 24.2 Å². The molecule has 0 spiro atoms. The second kappa shape index (κ2) is 7.92. The third-order valence-corrected chi connectivity index (χ3v) is 4.49. The van der Waals surface area contributed by atoms with Crippen molar-refractivity contribution in [1.82, 2.24) is 10.3 Å². The molecule has 1 aliphatic carbocycles. The molecule has 0 saturated heterocycles. The monoisotopic (exact) mass is 337 g/mol.